The van der Waals surface area contributed by atoms with Crippen molar-refractivity contribution in [3.63, 3.8) is 0 Å². The Bertz CT molecular complexity index is 876. The van der Waals surface area contributed by atoms with Crippen LogP contribution in [-0.2, 0) is 9.84 Å². The van der Waals surface area contributed by atoms with Crippen LogP contribution in [0.25, 0.3) is 0 Å². The quantitative estimate of drug-likeness (QED) is 0.922. The minimum Gasteiger partial charge on any atom is -0.395 e. The molecular formula is C17H14ClNO3S. The van der Waals surface area contributed by atoms with Gasteiger partial charge in [0.15, 0.2) is 9.84 Å². The zero-order chi connectivity index (χ0) is 16.7. The Morgan fingerprint density at radius 2 is 1.87 bits per heavy atom. The number of sulfone groups is 1. The van der Waals surface area contributed by atoms with Gasteiger partial charge in [-0.3, -0.25) is 0 Å². The Morgan fingerprint density at radius 1 is 1.17 bits per heavy atom. The Morgan fingerprint density at radius 3 is 2.43 bits per heavy atom. The Balaban J connectivity index is 2.10. The van der Waals surface area contributed by atoms with Gasteiger partial charge in [0.1, 0.15) is 5.41 Å². The van der Waals surface area contributed by atoms with Gasteiger partial charge in [-0.15, -0.1) is 0 Å². The summed E-state index contributed by atoms with van der Waals surface area (Å²) in [4.78, 5) is 0.155. The first kappa shape index (κ1) is 16.0. The number of halogens is 1. The van der Waals surface area contributed by atoms with Gasteiger partial charge in [0.05, 0.1) is 22.8 Å². The van der Waals surface area contributed by atoms with E-state index in [2.05, 4.69) is 0 Å². The molecule has 0 aromatic heterocycles. The molecule has 0 heterocycles. The lowest BCUT2D eigenvalue weighted by Gasteiger charge is -2.05. The molecule has 0 aliphatic heterocycles. The fraction of sp³-hybridized carbons (Fsp3) is 0.235. The van der Waals surface area contributed by atoms with Crippen LogP contribution in [0.2, 0.25) is 5.02 Å². The smallest absolute Gasteiger partial charge is 0.183 e. The summed E-state index contributed by atoms with van der Waals surface area (Å²) in [6.45, 7) is -0.516. The Labute approximate surface area is 139 Å². The maximum Gasteiger partial charge on any atom is 0.183 e. The molecule has 1 aliphatic carbocycles. The zero-order valence-corrected chi connectivity index (χ0v) is 13.6. The van der Waals surface area contributed by atoms with Gasteiger partial charge in [-0.25, -0.2) is 8.42 Å². The molecule has 23 heavy (non-hydrogen) atoms. The van der Waals surface area contributed by atoms with E-state index in [1.807, 2.05) is 6.07 Å². The molecule has 0 radical (unpaired) electrons. The van der Waals surface area contributed by atoms with Crippen LogP contribution in [0.15, 0.2) is 59.5 Å². The average Bonchev–Trinajstić information content (AvgIpc) is 3.26. The molecule has 0 unspecified atom stereocenters. The number of rotatable bonds is 4. The number of aliphatic hydroxyl groups is 1. The van der Waals surface area contributed by atoms with Crippen molar-refractivity contribution < 1.29 is 13.5 Å². The summed E-state index contributed by atoms with van der Waals surface area (Å²) >= 11 is 5.98. The molecule has 1 fully saturated rings. The first-order valence-electron chi connectivity index (χ1n) is 7.04. The summed E-state index contributed by atoms with van der Waals surface area (Å²) in [6.07, 6.45) is 0. The van der Waals surface area contributed by atoms with Crippen LogP contribution in [0.1, 0.15) is 11.5 Å². The molecule has 2 aromatic rings. The largest absolute Gasteiger partial charge is 0.395 e. The molecule has 1 saturated carbocycles. The van der Waals surface area contributed by atoms with Gasteiger partial charge in [0.2, 0.25) is 0 Å². The van der Waals surface area contributed by atoms with E-state index < -0.39 is 33.0 Å². The highest BCUT2D eigenvalue weighted by Gasteiger charge is 2.72. The number of benzene rings is 2. The van der Waals surface area contributed by atoms with Crippen LogP contribution in [-0.4, -0.2) is 25.4 Å². The van der Waals surface area contributed by atoms with Gasteiger partial charge < -0.3 is 5.11 Å². The summed E-state index contributed by atoms with van der Waals surface area (Å²) in [5.41, 5.74) is -0.683. The van der Waals surface area contributed by atoms with Crippen molar-refractivity contribution in [2.24, 2.45) is 5.41 Å². The lowest BCUT2D eigenvalue weighted by atomic mass is 10.0. The molecule has 3 rings (SSSR count). The highest BCUT2D eigenvalue weighted by atomic mass is 35.5. The minimum atomic E-state index is -3.73. The fourth-order valence-electron chi connectivity index (χ4n) is 3.15. The summed E-state index contributed by atoms with van der Waals surface area (Å²) in [5.74, 6) is -0.596. The van der Waals surface area contributed by atoms with E-state index in [-0.39, 0.29) is 4.90 Å². The molecule has 1 aliphatic rings. The van der Waals surface area contributed by atoms with Gasteiger partial charge in [0.25, 0.3) is 0 Å². The van der Waals surface area contributed by atoms with E-state index in [0.717, 1.165) is 0 Å². The van der Waals surface area contributed by atoms with E-state index in [4.69, 9.17) is 11.6 Å². The Hall–Kier alpha value is -1.87. The third kappa shape index (κ3) is 2.43. The predicted molar refractivity (Wildman–Crippen MR) is 86.7 cm³/mol. The number of hydrogen-bond donors (Lipinski definition) is 1. The molecule has 2 aromatic carbocycles. The molecule has 1 N–H and O–H groups in total. The number of aliphatic hydroxyl groups excluding tert-OH is 1. The first-order valence-corrected chi connectivity index (χ1v) is 8.96. The van der Waals surface area contributed by atoms with Crippen LogP contribution in [0.4, 0.5) is 0 Å². The van der Waals surface area contributed by atoms with Crippen molar-refractivity contribution in [2.45, 2.75) is 16.1 Å². The molecule has 3 atom stereocenters. The fourth-order valence-corrected chi connectivity index (χ4v) is 5.68. The van der Waals surface area contributed by atoms with Gasteiger partial charge in [-0.2, -0.15) is 5.26 Å². The lowest BCUT2D eigenvalue weighted by Crippen LogP contribution is -2.18. The molecular weight excluding hydrogens is 334 g/mol. The molecule has 0 bridgehead atoms. The molecule has 4 nitrogen and oxygen atoms in total. The molecule has 0 spiro atoms. The molecule has 0 saturated heterocycles. The van der Waals surface area contributed by atoms with Crippen molar-refractivity contribution >= 4 is 21.4 Å². The lowest BCUT2D eigenvalue weighted by molar-refractivity contribution is 0.242. The monoisotopic (exact) mass is 347 g/mol. The van der Waals surface area contributed by atoms with E-state index in [1.54, 1.807) is 42.5 Å². The van der Waals surface area contributed by atoms with Crippen molar-refractivity contribution in [3.05, 3.63) is 65.2 Å². The third-order valence-corrected chi connectivity index (χ3v) is 6.87. The summed E-state index contributed by atoms with van der Waals surface area (Å²) in [7, 11) is -3.73. The van der Waals surface area contributed by atoms with E-state index >= 15 is 0 Å². The molecule has 118 valence electrons. The summed E-state index contributed by atoms with van der Waals surface area (Å²) < 4.78 is 25.8. The normalized spacial score (nSPS) is 26.5. The van der Waals surface area contributed by atoms with Gasteiger partial charge in [-0.05, 0) is 29.8 Å². The second-order valence-electron chi connectivity index (χ2n) is 5.62. The van der Waals surface area contributed by atoms with Crippen LogP contribution >= 0.6 is 11.6 Å². The SMILES string of the molecule is N#C[C@@]1(CO)[C@H](S(=O)(=O)c2ccccc2)[C@@H]1c1cccc(Cl)c1. The minimum absolute atomic E-state index is 0.155. The number of nitrogens with zero attached hydrogens (tertiary/aromatic N) is 1. The summed E-state index contributed by atoms with van der Waals surface area (Å²) in [5, 5.41) is 18.7. The number of hydrogen-bond acceptors (Lipinski definition) is 4. The van der Waals surface area contributed by atoms with Crippen LogP contribution in [0.5, 0.6) is 0 Å². The van der Waals surface area contributed by atoms with Gasteiger partial charge >= 0.3 is 0 Å². The van der Waals surface area contributed by atoms with Crippen LogP contribution in [0.3, 0.4) is 0 Å². The highest BCUT2D eigenvalue weighted by Crippen LogP contribution is 2.63. The van der Waals surface area contributed by atoms with Crippen molar-refractivity contribution in [2.75, 3.05) is 6.61 Å². The van der Waals surface area contributed by atoms with Gasteiger partial charge in [-0.1, -0.05) is 41.9 Å². The van der Waals surface area contributed by atoms with E-state index in [0.29, 0.717) is 10.6 Å². The first-order chi connectivity index (χ1) is 11.0. The third-order valence-electron chi connectivity index (χ3n) is 4.34. The second kappa shape index (κ2) is 5.64. The van der Waals surface area contributed by atoms with Gasteiger partial charge in [0, 0.05) is 10.9 Å². The zero-order valence-electron chi connectivity index (χ0n) is 12.1. The second-order valence-corrected chi connectivity index (χ2v) is 8.13. The number of nitriles is 1. The van der Waals surface area contributed by atoms with Crippen molar-refractivity contribution in [1.29, 1.82) is 5.26 Å². The van der Waals surface area contributed by atoms with E-state index in [1.165, 1.54) is 12.1 Å². The highest BCUT2D eigenvalue weighted by molar-refractivity contribution is 7.92. The maximum atomic E-state index is 12.9. The standard InChI is InChI=1S/C17H14ClNO3S/c18-13-6-4-5-12(9-13)15-16(17(15,10-19)11-20)23(21,22)14-7-2-1-3-8-14/h1-9,15-16,20H,11H2/t15-,16+,17-/m0/s1. The Kier molecular flexibility index (Phi) is 3.93. The maximum absolute atomic E-state index is 12.9. The average molecular weight is 348 g/mol. The molecule has 6 heteroatoms. The molecule has 0 amide bonds. The predicted octanol–water partition coefficient (Wildman–Crippen LogP) is 2.78. The van der Waals surface area contributed by atoms with E-state index in [9.17, 15) is 18.8 Å². The topological polar surface area (TPSA) is 78.2 Å². The van der Waals surface area contributed by atoms with Crippen molar-refractivity contribution in [1.82, 2.24) is 0 Å². The summed E-state index contributed by atoms with van der Waals surface area (Å²) in [6, 6.07) is 16.8. The van der Waals surface area contributed by atoms with Crippen LogP contribution < -0.4 is 0 Å². The van der Waals surface area contributed by atoms with Crippen molar-refractivity contribution in [3.8, 4) is 6.07 Å². The van der Waals surface area contributed by atoms with Crippen LogP contribution in [0, 0.1) is 16.7 Å².